The van der Waals surface area contributed by atoms with Crippen LogP contribution in [0.4, 0.5) is 0 Å². The molecule has 2 aliphatic heterocycles. The molecule has 0 spiro atoms. The molecule has 0 aliphatic carbocycles. The lowest BCUT2D eigenvalue weighted by molar-refractivity contribution is 0.169. The van der Waals surface area contributed by atoms with E-state index in [2.05, 4.69) is 4.90 Å². The third-order valence-corrected chi connectivity index (χ3v) is 7.35. The van der Waals surface area contributed by atoms with E-state index in [0.29, 0.717) is 44.3 Å². The van der Waals surface area contributed by atoms with Gasteiger partial charge in [0.2, 0.25) is 10.0 Å². The molecule has 0 amide bonds. The van der Waals surface area contributed by atoms with Gasteiger partial charge in [0, 0.05) is 32.7 Å². The molecule has 0 N–H and O–H groups in total. The lowest BCUT2D eigenvalue weighted by Crippen LogP contribution is -2.48. The molecule has 2 aromatic rings. The predicted octanol–water partition coefficient (Wildman–Crippen LogP) is 2.58. The van der Waals surface area contributed by atoms with Crippen molar-refractivity contribution in [2.45, 2.75) is 25.3 Å². The second-order valence-electron chi connectivity index (χ2n) is 7.43. The number of ether oxygens (including phenoxy) is 2. The van der Waals surface area contributed by atoms with E-state index >= 15 is 0 Å². The zero-order chi connectivity index (χ0) is 19.7. The molecule has 0 saturated carbocycles. The first kappa shape index (κ1) is 19.2. The Labute approximate surface area is 166 Å². The normalized spacial score (nSPS) is 18.2. The van der Waals surface area contributed by atoms with Gasteiger partial charge in [-0.3, -0.25) is 4.90 Å². The van der Waals surface area contributed by atoms with Crippen molar-refractivity contribution < 1.29 is 17.9 Å². The molecule has 1 fully saturated rings. The summed E-state index contributed by atoms with van der Waals surface area (Å²) >= 11 is 0. The molecule has 2 aliphatic rings. The highest BCUT2D eigenvalue weighted by Crippen LogP contribution is 2.31. The monoisotopic (exact) mass is 402 g/mol. The van der Waals surface area contributed by atoms with Gasteiger partial charge in [0.15, 0.2) is 11.5 Å². The molecular weight excluding hydrogens is 376 g/mol. The van der Waals surface area contributed by atoms with Crippen molar-refractivity contribution in [3.63, 3.8) is 0 Å². The van der Waals surface area contributed by atoms with Crippen LogP contribution in [0.1, 0.15) is 16.7 Å². The molecule has 2 heterocycles. The van der Waals surface area contributed by atoms with Crippen molar-refractivity contribution in [2.24, 2.45) is 0 Å². The number of benzene rings is 2. The molecular formula is C21H26N2O4S. The number of nitrogens with zero attached hydrogens (tertiary/aromatic N) is 2. The van der Waals surface area contributed by atoms with Crippen LogP contribution < -0.4 is 9.47 Å². The third kappa shape index (κ3) is 3.87. The standard InChI is InChI=1S/C21H26N2O4S/c1-16-3-4-17(2)21(13-16)28(24,25)23-9-7-22(8-10-23)15-18-5-6-19-20(14-18)27-12-11-26-19/h3-6,13-14H,7-12,15H2,1-2H3. The van der Waals surface area contributed by atoms with Crippen LogP contribution in [0.5, 0.6) is 11.5 Å². The molecule has 6 nitrogen and oxygen atoms in total. The molecule has 0 unspecified atom stereocenters. The Kier molecular flexibility index (Phi) is 5.31. The van der Waals surface area contributed by atoms with Crippen molar-refractivity contribution in [3.05, 3.63) is 53.1 Å². The summed E-state index contributed by atoms with van der Waals surface area (Å²) in [6.45, 7) is 8.12. The SMILES string of the molecule is Cc1ccc(C)c(S(=O)(=O)N2CCN(Cc3ccc4c(c3)OCCO4)CC2)c1. The second-order valence-corrected chi connectivity index (χ2v) is 9.33. The van der Waals surface area contributed by atoms with Crippen molar-refractivity contribution in [1.82, 2.24) is 9.21 Å². The van der Waals surface area contributed by atoms with E-state index in [-0.39, 0.29) is 0 Å². The van der Waals surface area contributed by atoms with Crippen molar-refractivity contribution in [3.8, 4) is 11.5 Å². The van der Waals surface area contributed by atoms with E-state index < -0.39 is 10.0 Å². The number of hydrogen-bond donors (Lipinski definition) is 0. The van der Waals surface area contributed by atoms with Gasteiger partial charge in [-0.15, -0.1) is 0 Å². The van der Waals surface area contributed by atoms with Gasteiger partial charge in [0.1, 0.15) is 13.2 Å². The first-order valence-corrected chi connectivity index (χ1v) is 11.1. The fourth-order valence-electron chi connectivity index (χ4n) is 3.70. The molecule has 2 aromatic carbocycles. The number of fused-ring (bicyclic) bond motifs is 1. The van der Waals surface area contributed by atoms with Gasteiger partial charge in [-0.05, 0) is 48.7 Å². The topological polar surface area (TPSA) is 59.1 Å². The summed E-state index contributed by atoms with van der Waals surface area (Å²) in [5.41, 5.74) is 2.90. The van der Waals surface area contributed by atoms with E-state index in [1.165, 1.54) is 0 Å². The van der Waals surface area contributed by atoms with E-state index in [0.717, 1.165) is 34.7 Å². The Morgan fingerprint density at radius 2 is 1.61 bits per heavy atom. The number of aryl methyl sites for hydroxylation is 2. The van der Waals surface area contributed by atoms with Crippen LogP contribution in [0.15, 0.2) is 41.3 Å². The summed E-state index contributed by atoms with van der Waals surface area (Å²) in [7, 11) is -3.45. The molecule has 0 bridgehead atoms. The summed E-state index contributed by atoms with van der Waals surface area (Å²) in [6, 6.07) is 11.6. The highest BCUT2D eigenvalue weighted by molar-refractivity contribution is 7.89. The largest absolute Gasteiger partial charge is 0.486 e. The van der Waals surface area contributed by atoms with E-state index in [1.807, 2.05) is 44.2 Å². The van der Waals surface area contributed by atoms with Gasteiger partial charge in [-0.1, -0.05) is 18.2 Å². The maximum absolute atomic E-state index is 13.1. The van der Waals surface area contributed by atoms with Gasteiger partial charge < -0.3 is 9.47 Å². The summed E-state index contributed by atoms with van der Waals surface area (Å²) in [5.74, 6) is 1.58. The average Bonchev–Trinajstić information content (AvgIpc) is 2.70. The van der Waals surface area contributed by atoms with Crippen LogP contribution in [0.3, 0.4) is 0 Å². The molecule has 7 heteroatoms. The maximum Gasteiger partial charge on any atom is 0.243 e. The molecule has 4 rings (SSSR count). The second kappa shape index (κ2) is 7.73. The van der Waals surface area contributed by atoms with E-state index in [9.17, 15) is 8.42 Å². The minimum absolute atomic E-state index is 0.424. The molecule has 28 heavy (non-hydrogen) atoms. The Hall–Kier alpha value is -2.09. The Bertz CT molecular complexity index is 966. The van der Waals surface area contributed by atoms with Crippen molar-refractivity contribution in [2.75, 3.05) is 39.4 Å². The molecule has 0 aromatic heterocycles. The predicted molar refractivity (Wildman–Crippen MR) is 107 cm³/mol. The first-order valence-electron chi connectivity index (χ1n) is 9.62. The Morgan fingerprint density at radius 3 is 2.36 bits per heavy atom. The van der Waals surface area contributed by atoms with E-state index in [1.54, 1.807) is 10.4 Å². The molecule has 0 radical (unpaired) electrons. The number of rotatable bonds is 4. The van der Waals surface area contributed by atoms with Gasteiger partial charge in [-0.25, -0.2) is 8.42 Å². The Morgan fingerprint density at radius 1 is 0.893 bits per heavy atom. The zero-order valence-corrected chi connectivity index (χ0v) is 17.2. The first-order chi connectivity index (χ1) is 13.4. The molecule has 0 atom stereocenters. The highest BCUT2D eigenvalue weighted by atomic mass is 32.2. The van der Waals surface area contributed by atoms with Crippen LogP contribution in [0, 0.1) is 13.8 Å². The minimum atomic E-state index is -3.45. The maximum atomic E-state index is 13.1. The van der Waals surface area contributed by atoms with Gasteiger partial charge in [0.25, 0.3) is 0 Å². The average molecular weight is 403 g/mol. The molecule has 1 saturated heterocycles. The smallest absolute Gasteiger partial charge is 0.243 e. The van der Waals surface area contributed by atoms with Gasteiger partial charge in [0.05, 0.1) is 4.90 Å². The van der Waals surface area contributed by atoms with Crippen molar-refractivity contribution in [1.29, 1.82) is 0 Å². The summed E-state index contributed by atoms with van der Waals surface area (Å²) in [4.78, 5) is 2.70. The fourth-order valence-corrected chi connectivity index (χ4v) is 5.43. The number of sulfonamides is 1. The van der Waals surface area contributed by atoms with Crippen LogP contribution in [0.25, 0.3) is 0 Å². The summed E-state index contributed by atoms with van der Waals surface area (Å²) in [5, 5.41) is 0. The van der Waals surface area contributed by atoms with Gasteiger partial charge in [-0.2, -0.15) is 4.31 Å². The van der Waals surface area contributed by atoms with Gasteiger partial charge >= 0.3 is 0 Å². The number of piperazine rings is 1. The minimum Gasteiger partial charge on any atom is -0.486 e. The van der Waals surface area contributed by atoms with Crippen LogP contribution in [-0.2, 0) is 16.6 Å². The highest BCUT2D eigenvalue weighted by Gasteiger charge is 2.29. The van der Waals surface area contributed by atoms with Crippen molar-refractivity contribution >= 4 is 10.0 Å². The third-order valence-electron chi connectivity index (χ3n) is 5.31. The lowest BCUT2D eigenvalue weighted by atomic mass is 10.1. The van der Waals surface area contributed by atoms with Crippen LogP contribution in [0.2, 0.25) is 0 Å². The summed E-state index contributed by atoms with van der Waals surface area (Å²) < 4.78 is 39.0. The van der Waals surface area contributed by atoms with Crippen LogP contribution in [-0.4, -0.2) is 57.0 Å². The lowest BCUT2D eigenvalue weighted by Gasteiger charge is -2.34. The number of hydrogen-bond acceptors (Lipinski definition) is 5. The van der Waals surface area contributed by atoms with Crippen LogP contribution >= 0.6 is 0 Å². The quantitative estimate of drug-likeness (QED) is 0.787. The fraction of sp³-hybridized carbons (Fsp3) is 0.429. The Balaban J connectivity index is 1.41. The summed E-state index contributed by atoms with van der Waals surface area (Å²) in [6.07, 6.45) is 0. The van der Waals surface area contributed by atoms with E-state index in [4.69, 9.17) is 9.47 Å². The zero-order valence-electron chi connectivity index (χ0n) is 16.3. The molecule has 150 valence electrons.